The smallest absolute Gasteiger partial charge is 0.249 e. The van der Waals surface area contributed by atoms with Gasteiger partial charge in [0, 0.05) is 0 Å². The Morgan fingerprint density at radius 2 is 0.759 bits per heavy atom. The van der Waals surface area contributed by atoms with Gasteiger partial charge in [-0.3, -0.25) is 4.79 Å². The first-order chi connectivity index (χ1) is 28.6. The topological polar surface area (TPSA) is 89.8 Å². The molecule has 0 aromatic carbocycles. The van der Waals surface area contributed by atoms with Crippen molar-refractivity contribution in [3.63, 3.8) is 0 Å². The second-order valence-electron chi connectivity index (χ2n) is 17.4. The summed E-state index contributed by atoms with van der Waals surface area (Å²) in [6.07, 6.45) is 63.4. The standard InChI is InChI=1S/C53H99NO4/c1-3-5-7-9-11-13-15-16-17-18-19-20-21-22-23-24-25-26-27-28-29-30-31-32-33-34-35-36-37-38-40-42-44-46-48-52(57)53(58)54-50(49-55)51(56)47-45-43-41-39-14-12-10-8-6-4-2/h14,21-22,24-25,39,45,47,50-52,55-57H,3-13,15-20,23,26-38,40-44,46,48-49H2,1-2H3,(H,54,58)/b22-21-,25-24-,39-14+,47-45+. The Morgan fingerprint density at radius 1 is 0.431 bits per heavy atom. The summed E-state index contributed by atoms with van der Waals surface area (Å²) in [5.74, 6) is -0.514. The molecule has 58 heavy (non-hydrogen) atoms. The molecule has 4 N–H and O–H groups in total. The molecule has 0 aromatic rings. The zero-order valence-corrected chi connectivity index (χ0v) is 38.7. The first kappa shape index (κ1) is 56.3. The van der Waals surface area contributed by atoms with E-state index >= 15 is 0 Å². The fourth-order valence-electron chi connectivity index (χ4n) is 7.64. The number of aliphatic hydroxyl groups excluding tert-OH is 3. The molecular formula is C53H99NO4. The number of carbonyl (C=O) groups excluding carboxylic acids is 1. The molecule has 0 aliphatic heterocycles. The number of carbonyl (C=O) groups is 1. The predicted octanol–water partition coefficient (Wildman–Crippen LogP) is 15.3. The molecule has 0 radical (unpaired) electrons. The molecule has 0 saturated heterocycles. The van der Waals surface area contributed by atoms with Crippen molar-refractivity contribution in [1.29, 1.82) is 0 Å². The van der Waals surface area contributed by atoms with Gasteiger partial charge in [0.05, 0.1) is 18.8 Å². The maximum Gasteiger partial charge on any atom is 0.249 e. The van der Waals surface area contributed by atoms with Crippen LogP contribution in [0.5, 0.6) is 0 Å². The monoisotopic (exact) mass is 814 g/mol. The van der Waals surface area contributed by atoms with E-state index in [0.717, 1.165) is 44.9 Å². The molecule has 0 spiro atoms. The van der Waals surface area contributed by atoms with E-state index in [2.05, 4.69) is 55.6 Å². The first-order valence-electron chi connectivity index (χ1n) is 25.5. The molecule has 3 unspecified atom stereocenters. The molecule has 0 bridgehead atoms. The van der Waals surface area contributed by atoms with Crippen molar-refractivity contribution >= 4 is 5.91 Å². The number of unbranched alkanes of at least 4 members (excludes halogenated alkanes) is 32. The molecule has 3 atom stereocenters. The van der Waals surface area contributed by atoms with Gasteiger partial charge in [0.15, 0.2) is 0 Å². The first-order valence-corrected chi connectivity index (χ1v) is 25.5. The van der Waals surface area contributed by atoms with Crippen LogP contribution in [0.4, 0.5) is 0 Å². The highest BCUT2D eigenvalue weighted by Gasteiger charge is 2.22. The minimum Gasteiger partial charge on any atom is -0.394 e. The van der Waals surface area contributed by atoms with Crippen molar-refractivity contribution in [2.75, 3.05) is 6.61 Å². The molecular weight excluding hydrogens is 715 g/mol. The number of rotatable bonds is 46. The Morgan fingerprint density at radius 3 is 1.17 bits per heavy atom. The highest BCUT2D eigenvalue weighted by molar-refractivity contribution is 5.80. The van der Waals surface area contributed by atoms with Crippen LogP contribution in [-0.2, 0) is 4.79 Å². The molecule has 340 valence electrons. The van der Waals surface area contributed by atoms with Crippen molar-refractivity contribution in [3.05, 3.63) is 48.6 Å². The number of nitrogens with one attached hydrogen (secondary N) is 1. The van der Waals surface area contributed by atoms with Crippen LogP contribution in [0, 0.1) is 0 Å². The van der Waals surface area contributed by atoms with Crippen molar-refractivity contribution in [3.8, 4) is 0 Å². The SMILES string of the molecule is CCCCCC/C=C/CC/C=C/C(O)C(CO)NC(=O)C(O)CCCCCCCCCCCCCCCCCC/C=C\C/C=C\CCCCCCCCCCCCC. The van der Waals surface area contributed by atoms with Gasteiger partial charge in [-0.05, 0) is 64.2 Å². The average Bonchev–Trinajstić information content (AvgIpc) is 3.23. The normalized spacial score (nSPS) is 13.8. The molecule has 0 saturated carbocycles. The number of hydrogen-bond donors (Lipinski definition) is 4. The fraction of sp³-hybridized carbons (Fsp3) is 0.830. The molecule has 1 amide bonds. The third-order valence-electron chi connectivity index (χ3n) is 11.6. The lowest BCUT2D eigenvalue weighted by Crippen LogP contribution is -2.48. The number of allylic oxidation sites excluding steroid dienone is 7. The molecule has 0 aliphatic rings. The molecule has 0 rings (SSSR count). The summed E-state index contributed by atoms with van der Waals surface area (Å²) >= 11 is 0. The van der Waals surface area contributed by atoms with Crippen LogP contribution in [0.25, 0.3) is 0 Å². The quantitative estimate of drug-likeness (QED) is 0.0364. The lowest BCUT2D eigenvalue weighted by Gasteiger charge is -2.21. The van der Waals surface area contributed by atoms with E-state index in [1.807, 2.05) is 6.08 Å². The highest BCUT2D eigenvalue weighted by Crippen LogP contribution is 2.16. The summed E-state index contributed by atoms with van der Waals surface area (Å²) in [6, 6.07) is -0.813. The molecule has 5 heteroatoms. The molecule has 0 heterocycles. The Balaban J connectivity index is 3.51. The molecule has 5 nitrogen and oxygen atoms in total. The van der Waals surface area contributed by atoms with Crippen molar-refractivity contribution in [1.82, 2.24) is 5.32 Å². The summed E-state index contributed by atoms with van der Waals surface area (Å²) < 4.78 is 0. The summed E-state index contributed by atoms with van der Waals surface area (Å²) in [5.41, 5.74) is 0. The molecule has 0 aliphatic carbocycles. The van der Waals surface area contributed by atoms with Gasteiger partial charge in [0.2, 0.25) is 5.91 Å². The maximum absolute atomic E-state index is 12.4. The van der Waals surface area contributed by atoms with Crippen LogP contribution in [-0.4, -0.2) is 46.1 Å². The summed E-state index contributed by atoms with van der Waals surface area (Å²) in [7, 11) is 0. The van der Waals surface area contributed by atoms with Gasteiger partial charge in [0.25, 0.3) is 0 Å². The van der Waals surface area contributed by atoms with Gasteiger partial charge in [0.1, 0.15) is 6.10 Å². The summed E-state index contributed by atoms with van der Waals surface area (Å²) in [6.45, 7) is 4.14. The van der Waals surface area contributed by atoms with E-state index in [0.29, 0.717) is 6.42 Å². The van der Waals surface area contributed by atoms with E-state index in [1.165, 1.54) is 193 Å². The van der Waals surface area contributed by atoms with Gasteiger partial charge < -0.3 is 20.6 Å². The molecule has 0 fully saturated rings. The minimum absolute atomic E-state index is 0.377. The van der Waals surface area contributed by atoms with Crippen LogP contribution in [0.1, 0.15) is 258 Å². The van der Waals surface area contributed by atoms with Crippen molar-refractivity contribution in [2.45, 2.75) is 276 Å². The van der Waals surface area contributed by atoms with E-state index in [4.69, 9.17) is 0 Å². The highest BCUT2D eigenvalue weighted by atomic mass is 16.3. The summed E-state index contributed by atoms with van der Waals surface area (Å²) in [4.78, 5) is 12.4. The van der Waals surface area contributed by atoms with Gasteiger partial charge in [-0.25, -0.2) is 0 Å². The van der Waals surface area contributed by atoms with Crippen LogP contribution in [0.3, 0.4) is 0 Å². The third kappa shape index (κ3) is 42.4. The number of amides is 1. The Hall–Kier alpha value is -1.69. The number of hydrogen-bond acceptors (Lipinski definition) is 4. The van der Waals surface area contributed by atoms with E-state index in [1.54, 1.807) is 6.08 Å². The largest absolute Gasteiger partial charge is 0.394 e. The fourth-order valence-corrected chi connectivity index (χ4v) is 7.64. The Bertz CT molecular complexity index is 943. The Labute approximate surface area is 361 Å². The third-order valence-corrected chi connectivity index (χ3v) is 11.6. The minimum atomic E-state index is -1.11. The van der Waals surface area contributed by atoms with Gasteiger partial charge in [-0.2, -0.15) is 0 Å². The summed E-state index contributed by atoms with van der Waals surface area (Å²) in [5, 5.41) is 33.0. The second kappa shape index (κ2) is 48.0. The van der Waals surface area contributed by atoms with Crippen LogP contribution >= 0.6 is 0 Å². The van der Waals surface area contributed by atoms with E-state index in [9.17, 15) is 20.1 Å². The molecule has 0 aromatic heterocycles. The zero-order valence-electron chi connectivity index (χ0n) is 38.7. The maximum atomic E-state index is 12.4. The van der Waals surface area contributed by atoms with Crippen molar-refractivity contribution < 1.29 is 20.1 Å². The van der Waals surface area contributed by atoms with Crippen LogP contribution in [0.2, 0.25) is 0 Å². The van der Waals surface area contributed by atoms with Gasteiger partial charge in [-0.1, -0.05) is 242 Å². The lowest BCUT2D eigenvalue weighted by atomic mass is 10.0. The predicted molar refractivity (Wildman–Crippen MR) is 254 cm³/mol. The number of aliphatic hydroxyl groups is 3. The zero-order chi connectivity index (χ0) is 42.3. The average molecular weight is 814 g/mol. The lowest BCUT2D eigenvalue weighted by molar-refractivity contribution is -0.131. The second-order valence-corrected chi connectivity index (χ2v) is 17.4. The van der Waals surface area contributed by atoms with Crippen LogP contribution < -0.4 is 5.32 Å². The van der Waals surface area contributed by atoms with Crippen LogP contribution in [0.15, 0.2) is 48.6 Å². The van der Waals surface area contributed by atoms with E-state index < -0.39 is 24.2 Å². The van der Waals surface area contributed by atoms with Gasteiger partial charge in [-0.15, -0.1) is 0 Å². The van der Waals surface area contributed by atoms with E-state index in [-0.39, 0.29) is 6.61 Å². The van der Waals surface area contributed by atoms with Crippen molar-refractivity contribution in [2.24, 2.45) is 0 Å². The van der Waals surface area contributed by atoms with Gasteiger partial charge >= 0.3 is 0 Å². The Kier molecular flexibility index (Phi) is 46.6.